The van der Waals surface area contributed by atoms with Crippen LogP contribution < -0.4 is 30.6 Å². The molecule has 0 aliphatic heterocycles. The maximum Gasteiger partial charge on any atom is 4.00 e. The molecule has 8 heteroatoms. The van der Waals surface area contributed by atoms with Gasteiger partial charge in [-0.15, -0.1) is 36.6 Å². The molecule has 156 valence electrons. The Bertz CT molecular complexity index is 107. The van der Waals surface area contributed by atoms with Crippen molar-refractivity contribution in [1.82, 2.24) is 0 Å². The molecule has 0 saturated carbocycles. The van der Waals surface area contributed by atoms with Gasteiger partial charge in [-0.25, -0.2) is 0 Å². The SMILES string of the molecule is CC(C)[O-].CC(C)[O-].CC(C)[O-].CC(C)[O-].CC(C)[O-].CC(C)[O-].[Ba+2].[Zr+4]. The number of hydrogen-bond acceptors (Lipinski definition) is 6. The summed E-state index contributed by atoms with van der Waals surface area (Å²) in [6.07, 6.45) is -2.50. The molecule has 0 N–H and O–H groups in total. The molecule has 0 amide bonds. The minimum Gasteiger partial charge on any atom is -0.852 e. The Morgan fingerprint density at radius 1 is 0.308 bits per heavy atom. The van der Waals surface area contributed by atoms with Gasteiger partial charge in [0.15, 0.2) is 0 Å². The average molecular weight is 583 g/mol. The van der Waals surface area contributed by atoms with Gasteiger partial charge in [-0.1, -0.05) is 83.1 Å². The average Bonchev–Trinajstić information content (AvgIpc) is 2.08. The second-order valence-electron chi connectivity index (χ2n) is 6.29. The van der Waals surface area contributed by atoms with E-state index in [4.69, 9.17) is 0 Å². The van der Waals surface area contributed by atoms with Gasteiger partial charge in [-0.05, 0) is 0 Å². The van der Waals surface area contributed by atoms with Gasteiger partial charge in [0.2, 0.25) is 0 Å². The fourth-order valence-electron chi connectivity index (χ4n) is 0. The second kappa shape index (κ2) is 45.8. The molecular formula is C18H42BaO6Zr. The topological polar surface area (TPSA) is 138 Å². The maximum absolute atomic E-state index is 9.53. The van der Waals surface area contributed by atoms with Crippen LogP contribution in [0.1, 0.15) is 83.1 Å². The summed E-state index contributed by atoms with van der Waals surface area (Å²) in [6, 6.07) is 0. The Labute approximate surface area is 223 Å². The van der Waals surface area contributed by atoms with Crippen molar-refractivity contribution in [2.24, 2.45) is 0 Å². The third-order valence-corrected chi connectivity index (χ3v) is 0. The quantitative estimate of drug-likeness (QED) is 0.307. The summed E-state index contributed by atoms with van der Waals surface area (Å²) in [5.41, 5.74) is 0. The van der Waals surface area contributed by atoms with Crippen LogP contribution in [-0.2, 0) is 26.2 Å². The Hall–Kier alpha value is 2.21. The standard InChI is InChI=1S/6C3H7O.Ba.Zr/c6*1-3(2)4;;/h6*3H,1-2H3;;/q6*-1;+2;+4. The van der Waals surface area contributed by atoms with Gasteiger partial charge in [0, 0.05) is 0 Å². The Kier molecular flexibility index (Phi) is 90.0. The van der Waals surface area contributed by atoms with Crippen molar-refractivity contribution in [1.29, 1.82) is 0 Å². The Morgan fingerprint density at radius 3 is 0.308 bits per heavy atom. The molecule has 0 atom stereocenters. The molecule has 0 aromatic carbocycles. The van der Waals surface area contributed by atoms with E-state index in [9.17, 15) is 30.6 Å². The molecule has 0 aliphatic rings. The van der Waals surface area contributed by atoms with Gasteiger partial charge < -0.3 is 30.6 Å². The molecular weight excluding hydrogens is 541 g/mol. The molecule has 0 aromatic rings. The normalized spacial score (nSPS) is 8.31. The molecule has 26 heavy (non-hydrogen) atoms. The van der Waals surface area contributed by atoms with Gasteiger partial charge in [0.1, 0.15) is 0 Å². The van der Waals surface area contributed by atoms with Crippen molar-refractivity contribution in [3.05, 3.63) is 0 Å². The predicted molar refractivity (Wildman–Crippen MR) is 96.6 cm³/mol. The second-order valence-corrected chi connectivity index (χ2v) is 6.29. The van der Waals surface area contributed by atoms with Crippen LogP contribution in [0.25, 0.3) is 0 Å². The van der Waals surface area contributed by atoms with Crippen molar-refractivity contribution in [3.8, 4) is 0 Å². The van der Waals surface area contributed by atoms with E-state index in [0.29, 0.717) is 0 Å². The van der Waals surface area contributed by atoms with E-state index in [1.807, 2.05) is 0 Å². The van der Waals surface area contributed by atoms with E-state index >= 15 is 0 Å². The number of rotatable bonds is 0. The summed E-state index contributed by atoms with van der Waals surface area (Å²) in [5, 5.41) is 57.2. The zero-order valence-electron chi connectivity index (χ0n) is 19.1. The number of hydrogen-bond donors (Lipinski definition) is 0. The Balaban J connectivity index is -0.0000000245. The first-order chi connectivity index (χ1) is 10.4. The van der Waals surface area contributed by atoms with Crippen molar-refractivity contribution in [2.45, 2.75) is 120 Å². The molecule has 0 fully saturated rings. The smallest absolute Gasteiger partial charge is 0.852 e. The van der Waals surface area contributed by atoms with Gasteiger partial charge >= 0.3 is 75.1 Å². The fraction of sp³-hybridized carbons (Fsp3) is 1.00. The van der Waals surface area contributed by atoms with Gasteiger partial charge in [-0.3, -0.25) is 0 Å². The van der Waals surface area contributed by atoms with E-state index in [-0.39, 0.29) is 75.1 Å². The summed E-state index contributed by atoms with van der Waals surface area (Å²) in [5.74, 6) is 0. The zero-order chi connectivity index (χ0) is 21.5. The summed E-state index contributed by atoms with van der Waals surface area (Å²) in [6.45, 7) is 19.3. The predicted octanol–water partition coefficient (Wildman–Crippen LogP) is -1.85. The third kappa shape index (κ3) is 3400. The third-order valence-electron chi connectivity index (χ3n) is 0. The van der Waals surface area contributed by atoms with Crippen LogP contribution in [0.15, 0.2) is 0 Å². The first-order valence-corrected chi connectivity index (χ1v) is 8.34. The largest absolute Gasteiger partial charge is 4.00 e. The summed E-state index contributed by atoms with van der Waals surface area (Å²) < 4.78 is 0. The molecule has 0 radical (unpaired) electrons. The van der Waals surface area contributed by atoms with E-state index in [2.05, 4.69) is 0 Å². The summed E-state index contributed by atoms with van der Waals surface area (Å²) in [4.78, 5) is 0. The van der Waals surface area contributed by atoms with E-state index in [1.54, 1.807) is 83.1 Å². The van der Waals surface area contributed by atoms with Crippen LogP contribution >= 0.6 is 0 Å². The zero-order valence-corrected chi connectivity index (χ0v) is 26.0. The monoisotopic (exact) mass is 582 g/mol. The molecule has 0 aromatic heterocycles. The maximum atomic E-state index is 9.53. The van der Waals surface area contributed by atoms with Crippen molar-refractivity contribution in [2.75, 3.05) is 0 Å². The van der Waals surface area contributed by atoms with Gasteiger partial charge in [-0.2, -0.15) is 0 Å². The molecule has 0 bridgehead atoms. The van der Waals surface area contributed by atoms with Crippen LogP contribution in [-0.4, -0.2) is 85.5 Å². The van der Waals surface area contributed by atoms with Crippen LogP contribution in [0.5, 0.6) is 0 Å². The van der Waals surface area contributed by atoms with Crippen molar-refractivity contribution in [3.63, 3.8) is 0 Å². The summed E-state index contributed by atoms with van der Waals surface area (Å²) >= 11 is 0. The van der Waals surface area contributed by atoms with Crippen LogP contribution in [0.2, 0.25) is 0 Å². The van der Waals surface area contributed by atoms with Crippen LogP contribution in [0, 0.1) is 0 Å². The molecule has 0 unspecified atom stereocenters. The molecule has 6 nitrogen and oxygen atoms in total. The van der Waals surface area contributed by atoms with E-state index in [0.717, 1.165) is 0 Å². The van der Waals surface area contributed by atoms with Gasteiger partial charge in [0.25, 0.3) is 0 Å². The minimum atomic E-state index is -0.417. The fourth-order valence-corrected chi connectivity index (χ4v) is 0. The molecule has 0 aliphatic carbocycles. The molecule has 0 saturated heterocycles. The van der Waals surface area contributed by atoms with E-state index < -0.39 is 36.6 Å². The molecule has 0 spiro atoms. The van der Waals surface area contributed by atoms with Crippen LogP contribution in [0.3, 0.4) is 0 Å². The van der Waals surface area contributed by atoms with Gasteiger partial charge in [0.05, 0.1) is 0 Å². The minimum absolute atomic E-state index is 0. The van der Waals surface area contributed by atoms with Crippen molar-refractivity contribution >= 4 is 48.9 Å². The Morgan fingerprint density at radius 2 is 0.308 bits per heavy atom. The molecule has 0 heterocycles. The summed E-state index contributed by atoms with van der Waals surface area (Å²) in [7, 11) is 0. The molecule has 0 rings (SSSR count). The first-order valence-electron chi connectivity index (χ1n) is 8.34. The van der Waals surface area contributed by atoms with Crippen molar-refractivity contribution < 1.29 is 56.8 Å². The van der Waals surface area contributed by atoms with E-state index in [1.165, 1.54) is 0 Å². The van der Waals surface area contributed by atoms with Crippen LogP contribution in [0.4, 0.5) is 0 Å². The first kappa shape index (κ1) is 51.1.